The van der Waals surface area contributed by atoms with Gasteiger partial charge in [-0.2, -0.15) is 4.31 Å². The first-order valence-electron chi connectivity index (χ1n) is 8.99. The predicted molar refractivity (Wildman–Crippen MR) is 99.9 cm³/mol. The Labute approximate surface area is 159 Å². The molecule has 2 heterocycles. The lowest BCUT2D eigenvalue weighted by Crippen LogP contribution is -2.49. The number of rotatable bonds is 6. The highest BCUT2D eigenvalue weighted by atomic mass is 32.2. The molecule has 0 bridgehead atoms. The van der Waals surface area contributed by atoms with Crippen LogP contribution >= 0.6 is 0 Å². The van der Waals surface area contributed by atoms with E-state index < -0.39 is 16.0 Å². The van der Waals surface area contributed by atoms with E-state index in [9.17, 15) is 13.2 Å². The zero-order valence-corrected chi connectivity index (χ0v) is 16.3. The minimum absolute atomic E-state index is 0.105. The maximum Gasteiger partial charge on any atom is 0.374 e. The van der Waals surface area contributed by atoms with Gasteiger partial charge in [0.1, 0.15) is 0 Å². The van der Waals surface area contributed by atoms with Crippen LogP contribution in [0.5, 0.6) is 0 Å². The van der Waals surface area contributed by atoms with Crippen molar-refractivity contribution in [2.75, 3.05) is 32.8 Å². The fourth-order valence-corrected chi connectivity index (χ4v) is 4.51. The number of furan rings is 1. The monoisotopic (exact) mass is 392 g/mol. The summed E-state index contributed by atoms with van der Waals surface area (Å²) in [6, 6.07) is 13.0. The van der Waals surface area contributed by atoms with E-state index in [1.165, 1.54) is 22.0 Å². The van der Waals surface area contributed by atoms with Gasteiger partial charge < -0.3 is 9.15 Å². The van der Waals surface area contributed by atoms with Crippen LogP contribution in [0.2, 0.25) is 0 Å². The van der Waals surface area contributed by atoms with Gasteiger partial charge in [0, 0.05) is 32.2 Å². The Morgan fingerprint density at radius 3 is 2.41 bits per heavy atom. The summed E-state index contributed by atoms with van der Waals surface area (Å²) in [5.74, 6) is -0.771. The number of ether oxygens (including phenoxy) is 1. The number of benzene rings is 1. The molecule has 27 heavy (non-hydrogen) atoms. The molecule has 0 spiro atoms. The van der Waals surface area contributed by atoms with Gasteiger partial charge in [-0.25, -0.2) is 13.2 Å². The zero-order valence-electron chi connectivity index (χ0n) is 15.5. The van der Waals surface area contributed by atoms with Gasteiger partial charge in [0.2, 0.25) is 10.9 Å². The Morgan fingerprint density at radius 1 is 1.11 bits per heavy atom. The van der Waals surface area contributed by atoms with Gasteiger partial charge in [0.25, 0.3) is 10.0 Å². The number of esters is 1. The van der Waals surface area contributed by atoms with Gasteiger partial charge >= 0.3 is 5.97 Å². The van der Waals surface area contributed by atoms with Crippen molar-refractivity contribution in [1.82, 2.24) is 9.21 Å². The van der Waals surface area contributed by atoms with Crippen LogP contribution in [-0.4, -0.2) is 56.4 Å². The second-order valence-corrected chi connectivity index (χ2v) is 8.23. The van der Waals surface area contributed by atoms with E-state index in [-0.39, 0.29) is 23.5 Å². The molecule has 1 aliphatic heterocycles. The maximum atomic E-state index is 12.8. The number of carbonyl (C=O) groups excluding carboxylic acids is 1. The summed E-state index contributed by atoms with van der Waals surface area (Å²) in [5, 5.41) is -0.227. The first kappa shape index (κ1) is 19.6. The van der Waals surface area contributed by atoms with Crippen LogP contribution < -0.4 is 0 Å². The molecule has 1 saturated heterocycles. The van der Waals surface area contributed by atoms with Crippen molar-refractivity contribution in [2.45, 2.75) is 25.0 Å². The van der Waals surface area contributed by atoms with E-state index in [4.69, 9.17) is 9.15 Å². The number of sulfonamides is 1. The first-order valence-corrected chi connectivity index (χ1v) is 10.4. The smallest absolute Gasteiger partial charge is 0.374 e. The van der Waals surface area contributed by atoms with Crippen LogP contribution in [0.3, 0.4) is 0 Å². The van der Waals surface area contributed by atoms with Gasteiger partial charge in [-0.05, 0) is 31.5 Å². The summed E-state index contributed by atoms with van der Waals surface area (Å²) in [6.07, 6.45) is 0. The van der Waals surface area contributed by atoms with Gasteiger partial charge in [0.05, 0.1) is 6.61 Å². The Morgan fingerprint density at radius 2 is 1.78 bits per heavy atom. The molecule has 7 nitrogen and oxygen atoms in total. The molecule has 1 aromatic carbocycles. The predicted octanol–water partition coefficient (Wildman–Crippen LogP) is 2.52. The van der Waals surface area contributed by atoms with E-state index >= 15 is 0 Å². The third kappa shape index (κ3) is 4.23. The highest BCUT2D eigenvalue weighted by Crippen LogP contribution is 2.25. The molecule has 0 amide bonds. The molecule has 1 atom stereocenters. The summed E-state index contributed by atoms with van der Waals surface area (Å²) in [5.41, 5.74) is 1.21. The number of carbonyl (C=O) groups is 1. The van der Waals surface area contributed by atoms with Crippen molar-refractivity contribution < 1.29 is 22.4 Å². The topological polar surface area (TPSA) is 80.1 Å². The maximum absolute atomic E-state index is 12.8. The number of nitrogens with zero attached hydrogens (tertiary/aromatic N) is 2. The van der Waals surface area contributed by atoms with Crippen molar-refractivity contribution in [3.8, 4) is 0 Å². The highest BCUT2D eigenvalue weighted by molar-refractivity contribution is 7.89. The van der Waals surface area contributed by atoms with Crippen LogP contribution in [0.1, 0.15) is 36.0 Å². The van der Waals surface area contributed by atoms with Crippen molar-refractivity contribution in [1.29, 1.82) is 0 Å². The first-order chi connectivity index (χ1) is 12.9. The molecule has 0 radical (unpaired) electrons. The zero-order chi connectivity index (χ0) is 19.4. The molecule has 146 valence electrons. The van der Waals surface area contributed by atoms with E-state index in [2.05, 4.69) is 24.0 Å². The second kappa shape index (κ2) is 8.24. The van der Waals surface area contributed by atoms with E-state index in [0.29, 0.717) is 26.2 Å². The fraction of sp³-hybridized carbons (Fsp3) is 0.421. The van der Waals surface area contributed by atoms with Gasteiger partial charge in [0.15, 0.2) is 0 Å². The molecule has 1 unspecified atom stereocenters. The lowest BCUT2D eigenvalue weighted by molar-refractivity contribution is 0.0483. The summed E-state index contributed by atoms with van der Waals surface area (Å²) < 4.78 is 37.1. The fourth-order valence-electron chi connectivity index (χ4n) is 3.17. The average Bonchev–Trinajstić information content (AvgIpc) is 3.20. The van der Waals surface area contributed by atoms with E-state index in [1.807, 2.05) is 18.2 Å². The third-order valence-corrected chi connectivity index (χ3v) is 6.53. The van der Waals surface area contributed by atoms with Crippen LogP contribution in [0.25, 0.3) is 0 Å². The third-order valence-electron chi connectivity index (χ3n) is 4.76. The van der Waals surface area contributed by atoms with E-state index in [1.54, 1.807) is 6.92 Å². The normalized spacial score (nSPS) is 17.6. The standard InChI is InChI=1S/C19H24N2O5S/c1-3-25-19(22)17-9-10-18(26-17)27(23,24)21-13-11-20(12-14-21)15(2)16-7-5-4-6-8-16/h4-10,15H,3,11-14H2,1-2H3. The Balaban J connectivity index is 1.65. The molecular weight excluding hydrogens is 368 g/mol. The molecule has 0 aliphatic carbocycles. The van der Waals surface area contributed by atoms with Crippen molar-refractivity contribution in [3.05, 3.63) is 53.8 Å². The Kier molecular flexibility index (Phi) is 5.98. The van der Waals surface area contributed by atoms with Gasteiger partial charge in [-0.1, -0.05) is 30.3 Å². The van der Waals surface area contributed by atoms with Crippen molar-refractivity contribution in [3.63, 3.8) is 0 Å². The highest BCUT2D eigenvalue weighted by Gasteiger charge is 2.33. The van der Waals surface area contributed by atoms with E-state index in [0.717, 1.165) is 0 Å². The molecule has 8 heteroatoms. The van der Waals surface area contributed by atoms with Crippen LogP contribution in [0, 0.1) is 0 Å². The number of hydrogen-bond donors (Lipinski definition) is 0. The minimum Gasteiger partial charge on any atom is -0.460 e. The Hall–Kier alpha value is -2.16. The summed E-state index contributed by atoms with van der Waals surface area (Å²) in [7, 11) is -3.77. The quantitative estimate of drug-likeness (QED) is 0.703. The lowest BCUT2D eigenvalue weighted by atomic mass is 10.1. The van der Waals surface area contributed by atoms with Crippen LogP contribution in [-0.2, 0) is 14.8 Å². The molecule has 1 fully saturated rings. The minimum atomic E-state index is -3.77. The number of piperazine rings is 1. The molecule has 0 saturated carbocycles. The molecule has 2 aromatic rings. The second-order valence-electron chi connectivity index (χ2n) is 6.37. The molecule has 0 N–H and O–H groups in total. The molecule has 3 rings (SSSR count). The Bertz CT molecular complexity index is 871. The van der Waals surface area contributed by atoms with Crippen LogP contribution in [0.4, 0.5) is 0 Å². The summed E-state index contributed by atoms with van der Waals surface area (Å²) in [4.78, 5) is 13.9. The molecule has 1 aromatic heterocycles. The van der Waals surface area contributed by atoms with Crippen molar-refractivity contribution >= 4 is 16.0 Å². The van der Waals surface area contributed by atoms with Crippen molar-refractivity contribution in [2.24, 2.45) is 0 Å². The van der Waals surface area contributed by atoms with Gasteiger partial charge in [-0.15, -0.1) is 0 Å². The summed E-state index contributed by atoms with van der Waals surface area (Å²) >= 11 is 0. The summed E-state index contributed by atoms with van der Waals surface area (Å²) in [6.45, 7) is 5.99. The number of hydrogen-bond acceptors (Lipinski definition) is 6. The molecular formula is C19H24N2O5S. The van der Waals surface area contributed by atoms with Crippen LogP contribution in [0.15, 0.2) is 52.0 Å². The largest absolute Gasteiger partial charge is 0.460 e. The molecule has 1 aliphatic rings. The van der Waals surface area contributed by atoms with Gasteiger partial charge in [-0.3, -0.25) is 4.90 Å². The SMILES string of the molecule is CCOC(=O)c1ccc(S(=O)(=O)N2CCN(C(C)c3ccccc3)CC2)o1. The average molecular weight is 392 g/mol. The lowest BCUT2D eigenvalue weighted by Gasteiger charge is -2.37.